The summed E-state index contributed by atoms with van der Waals surface area (Å²) in [5.74, 6) is 0.739. The molecule has 1 aromatic heterocycles. The van der Waals surface area contributed by atoms with Crippen molar-refractivity contribution in [2.45, 2.75) is 32.5 Å². The molecule has 0 atom stereocenters. The summed E-state index contributed by atoms with van der Waals surface area (Å²) >= 11 is 3.57. The average Bonchev–Trinajstić information content (AvgIpc) is 2.85. The Kier molecular flexibility index (Phi) is 4.88. The summed E-state index contributed by atoms with van der Waals surface area (Å²) in [6.45, 7) is 4.54. The number of alkyl halides is 1. The topological polar surface area (TPSA) is 42.7 Å². The first-order valence-electron chi connectivity index (χ1n) is 6.47. The van der Waals surface area contributed by atoms with Crippen molar-refractivity contribution >= 4 is 15.9 Å². The van der Waals surface area contributed by atoms with Gasteiger partial charge >= 0.3 is 0 Å². The third-order valence-electron chi connectivity index (χ3n) is 3.23. The Balaban J connectivity index is 2.09. The smallest absolute Gasteiger partial charge is 0.140 e. The van der Waals surface area contributed by atoms with E-state index >= 15 is 0 Å². The van der Waals surface area contributed by atoms with Crippen LogP contribution >= 0.6 is 15.9 Å². The van der Waals surface area contributed by atoms with Crippen molar-refractivity contribution in [2.75, 3.05) is 6.67 Å². The van der Waals surface area contributed by atoms with Crippen LogP contribution in [0.4, 0.5) is 4.39 Å². The van der Waals surface area contributed by atoms with Gasteiger partial charge in [0, 0.05) is 10.0 Å². The van der Waals surface area contributed by atoms with Gasteiger partial charge in [-0.3, -0.25) is 0 Å². The highest BCUT2D eigenvalue weighted by Gasteiger charge is 2.22. The molecule has 1 aromatic carbocycles. The molecule has 0 fully saturated rings. The lowest BCUT2D eigenvalue weighted by Gasteiger charge is -2.28. The minimum atomic E-state index is -0.440. The van der Waals surface area contributed by atoms with Crippen molar-refractivity contribution in [3.63, 3.8) is 0 Å². The first-order chi connectivity index (χ1) is 9.54. The Hall–Kier alpha value is -1.27. The van der Waals surface area contributed by atoms with E-state index in [2.05, 4.69) is 51.2 Å². The Morgan fingerprint density at radius 2 is 2.10 bits per heavy atom. The van der Waals surface area contributed by atoms with Crippen molar-refractivity contribution < 1.29 is 4.39 Å². The molecule has 0 saturated carbocycles. The molecule has 6 heteroatoms. The van der Waals surface area contributed by atoms with Crippen molar-refractivity contribution in [1.82, 2.24) is 20.1 Å². The van der Waals surface area contributed by atoms with Crippen molar-refractivity contribution in [3.05, 3.63) is 46.5 Å². The highest BCUT2D eigenvalue weighted by atomic mass is 79.9. The zero-order chi connectivity index (χ0) is 14.6. The van der Waals surface area contributed by atoms with Gasteiger partial charge < -0.3 is 5.32 Å². The van der Waals surface area contributed by atoms with Crippen LogP contribution in [0.5, 0.6) is 0 Å². The maximum Gasteiger partial charge on any atom is 0.140 e. The van der Waals surface area contributed by atoms with Crippen LogP contribution in [0, 0.1) is 0 Å². The van der Waals surface area contributed by atoms with Crippen LogP contribution in [-0.2, 0) is 18.6 Å². The third-order valence-corrected chi connectivity index (χ3v) is 3.92. The van der Waals surface area contributed by atoms with Gasteiger partial charge in [0.25, 0.3) is 0 Å². The molecule has 0 aliphatic rings. The van der Waals surface area contributed by atoms with E-state index in [1.54, 1.807) is 4.68 Å². The van der Waals surface area contributed by atoms with E-state index in [0.29, 0.717) is 6.54 Å². The summed E-state index contributed by atoms with van der Waals surface area (Å²) in [6, 6.07) is 8.09. The number of hydrogen-bond donors (Lipinski definition) is 1. The second-order valence-corrected chi connectivity index (χ2v) is 5.90. The van der Waals surface area contributed by atoms with Crippen LogP contribution in [-0.4, -0.2) is 21.4 Å². The SMILES string of the molecule is CC(C)(NCc1ncnn1CCF)c1ccccc1Br. The molecule has 0 bridgehead atoms. The number of nitrogens with one attached hydrogen (secondary N) is 1. The van der Waals surface area contributed by atoms with Gasteiger partial charge in [0.2, 0.25) is 0 Å². The fourth-order valence-corrected chi connectivity index (χ4v) is 2.84. The summed E-state index contributed by atoms with van der Waals surface area (Å²) in [7, 11) is 0. The van der Waals surface area contributed by atoms with Crippen LogP contribution in [0.25, 0.3) is 0 Å². The predicted molar refractivity (Wildman–Crippen MR) is 80.0 cm³/mol. The molecule has 0 spiro atoms. The van der Waals surface area contributed by atoms with E-state index in [1.165, 1.54) is 6.33 Å². The van der Waals surface area contributed by atoms with E-state index in [0.717, 1.165) is 15.9 Å². The fraction of sp³-hybridized carbons (Fsp3) is 0.429. The second-order valence-electron chi connectivity index (χ2n) is 5.05. The zero-order valence-electron chi connectivity index (χ0n) is 11.6. The molecule has 0 radical (unpaired) electrons. The van der Waals surface area contributed by atoms with Crippen LogP contribution in [0.15, 0.2) is 35.1 Å². The average molecular weight is 341 g/mol. The molecule has 20 heavy (non-hydrogen) atoms. The number of halogens is 2. The van der Waals surface area contributed by atoms with Crippen molar-refractivity contribution in [3.8, 4) is 0 Å². The third kappa shape index (κ3) is 3.43. The molecule has 0 aliphatic carbocycles. The predicted octanol–water partition coefficient (Wildman–Crippen LogP) is 3.04. The van der Waals surface area contributed by atoms with Gasteiger partial charge in [-0.2, -0.15) is 5.10 Å². The molecule has 0 aliphatic heterocycles. The maximum absolute atomic E-state index is 12.4. The number of nitrogens with zero attached hydrogens (tertiary/aromatic N) is 3. The Bertz CT molecular complexity index is 568. The summed E-state index contributed by atoms with van der Waals surface area (Å²) < 4.78 is 15.1. The molecule has 1 N–H and O–H groups in total. The number of hydrogen-bond acceptors (Lipinski definition) is 3. The molecule has 2 rings (SSSR count). The van der Waals surface area contributed by atoms with Gasteiger partial charge in [-0.15, -0.1) is 0 Å². The van der Waals surface area contributed by atoms with Gasteiger partial charge in [0.05, 0.1) is 13.1 Å². The first-order valence-corrected chi connectivity index (χ1v) is 7.26. The number of benzene rings is 1. The van der Waals surface area contributed by atoms with Crippen molar-refractivity contribution in [1.29, 1.82) is 0 Å². The van der Waals surface area contributed by atoms with Gasteiger partial charge in [-0.25, -0.2) is 14.1 Å². The quantitative estimate of drug-likeness (QED) is 0.878. The minimum Gasteiger partial charge on any atom is -0.301 e. The van der Waals surface area contributed by atoms with Gasteiger partial charge in [0.15, 0.2) is 0 Å². The first kappa shape index (κ1) is 15.1. The standard InChI is InChI=1S/C14H18BrFN4/c1-14(2,11-5-3-4-6-12(11)15)18-9-13-17-10-19-20(13)8-7-16/h3-6,10,18H,7-9H2,1-2H3. The van der Waals surface area contributed by atoms with Crippen molar-refractivity contribution in [2.24, 2.45) is 0 Å². The molecule has 0 unspecified atom stereocenters. The largest absolute Gasteiger partial charge is 0.301 e. The van der Waals surface area contributed by atoms with Crippen LogP contribution < -0.4 is 5.32 Å². The zero-order valence-corrected chi connectivity index (χ0v) is 13.2. The van der Waals surface area contributed by atoms with E-state index in [9.17, 15) is 4.39 Å². The molecular weight excluding hydrogens is 323 g/mol. The molecule has 0 amide bonds. The lowest BCUT2D eigenvalue weighted by Crippen LogP contribution is -2.37. The van der Waals surface area contributed by atoms with E-state index in [-0.39, 0.29) is 12.1 Å². The highest BCUT2D eigenvalue weighted by molar-refractivity contribution is 9.10. The molecule has 108 valence electrons. The van der Waals surface area contributed by atoms with E-state index in [1.807, 2.05) is 18.2 Å². The number of rotatable bonds is 6. The molecular formula is C14H18BrFN4. The minimum absolute atomic E-state index is 0.230. The lowest BCUT2D eigenvalue weighted by molar-refractivity contribution is 0.374. The van der Waals surface area contributed by atoms with Gasteiger partial charge in [-0.1, -0.05) is 34.1 Å². The molecule has 0 saturated heterocycles. The molecule has 1 heterocycles. The summed E-state index contributed by atoms with van der Waals surface area (Å²) in [6.07, 6.45) is 1.46. The van der Waals surface area contributed by atoms with E-state index in [4.69, 9.17) is 0 Å². The summed E-state index contributed by atoms with van der Waals surface area (Å²) in [5.41, 5.74) is 0.934. The summed E-state index contributed by atoms with van der Waals surface area (Å²) in [5, 5.41) is 7.45. The van der Waals surface area contributed by atoms with E-state index < -0.39 is 6.67 Å². The Morgan fingerprint density at radius 1 is 1.35 bits per heavy atom. The van der Waals surface area contributed by atoms with Crippen LogP contribution in [0.1, 0.15) is 25.2 Å². The second kappa shape index (κ2) is 6.45. The Morgan fingerprint density at radius 3 is 2.80 bits per heavy atom. The summed E-state index contributed by atoms with van der Waals surface area (Å²) in [4.78, 5) is 4.16. The number of aryl methyl sites for hydroxylation is 1. The monoisotopic (exact) mass is 340 g/mol. The van der Waals surface area contributed by atoms with Crippen LogP contribution in [0.2, 0.25) is 0 Å². The Labute approximate surface area is 126 Å². The normalized spacial score (nSPS) is 11.8. The molecule has 4 nitrogen and oxygen atoms in total. The molecule has 2 aromatic rings. The fourth-order valence-electron chi connectivity index (χ4n) is 2.06. The highest BCUT2D eigenvalue weighted by Crippen LogP contribution is 2.27. The number of aromatic nitrogens is 3. The lowest BCUT2D eigenvalue weighted by atomic mass is 9.94. The van der Waals surface area contributed by atoms with Gasteiger partial charge in [0.1, 0.15) is 18.8 Å². The van der Waals surface area contributed by atoms with Gasteiger partial charge in [-0.05, 0) is 25.5 Å². The maximum atomic E-state index is 12.4. The van der Waals surface area contributed by atoms with Crippen LogP contribution in [0.3, 0.4) is 0 Å².